The van der Waals surface area contributed by atoms with Gasteiger partial charge in [-0.25, -0.2) is 13.4 Å². The Kier molecular flexibility index (Phi) is 4.32. The molecule has 136 valence electrons. The zero-order chi connectivity index (χ0) is 19.0. The molecule has 1 aromatic heterocycles. The number of aromatic nitrogens is 1. The van der Waals surface area contributed by atoms with Crippen molar-refractivity contribution < 1.29 is 8.42 Å². The Morgan fingerprint density at radius 3 is 2.63 bits per heavy atom. The molecule has 2 aromatic carbocycles. The highest BCUT2D eigenvalue weighted by molar-refractivity contribution is 7.91. The summed E-state index contributed by atoms with van der Waals surface area (Å²) in [6, 6.07) is 15.2. The van der Waals surface area contributed by atoms with Crippen LogP contribution in [0, 0.1) is 0 Å². The molecular formula is C22H20N2O2S. The van der Waals surface area contributed by atoms with E-state index in [4.69, 9.17) is 4.98 Å². The van der Waals surface area contributed by atoms with Crippen LogP contribution in [0.3, 0.4) is 0 Å². The monoisotopic (exact) mass is 376 g/mol. The molecule has 0 saturated carbocycles. The highest BCUT2D eigenvalue weighted by Gasteiger charge is 2.26. The molecule has 1 aliphatic heterocycles. The molecule has 0 spiro atoms. The van der Waals surface area contributed by atoms with Crippen LogP contribution in [-0.2, 0) is 16.4 Å². The molecule has 0 saturated heterocycles. The van der Waals surface area contributed by atoms with E-state index in [9.17, 15) is 8.42 Å². The van der Waals surface area contributed by atoms with Gasteiger partial charge in [-0.1, -0.05) is 49.6 Å². The normalized spacial score (nSPS) is 15.8. The van der Waals surface area contributed by atoms with Crippen LogP contribution in [-0.4, -0.2) is 25.7 Å². The van der Waals surface area contributed by atoms with Crippen LogP contribution in [0.4, 0.5) is 5.82 Å². The molecule has 0 amide bonds. The average molecular weight is 376 g/mol. The fourth-order valence-electron chi connectivity index (χ4n) is 3.47. The number of nitrogens with zero attached hydrogens (tertiary/aromatic N) is 2. The smallest absolute Gasteiger partial charge is 0.180 e. The zero-order valence-electron chi connectivity index (χ0n) is 14.9. The summed E-state index contributed by atoms with van der Waals surface area (Å²) in [5, 5.41) is 1.01. The lowest BCUT2D eigenvalue weighted by atomic mass is 10.1. The van der Waals surface area contributed by atoms with E-state index in [1.807, 2.05) is 47.4 Å². The topological polar surface area (TPSA) is 50.3 Å². The van der Waals surface area contributed by atoms with Gasteiger partial charge in [0.2, 0.25) is 0 Å². The van der Waals surface area contributed by atoms with Gasteiger partial charge in [-0.3, -0.25) is 0 Å². The van der Waals surface area contributed by atoms with E-state index in [-0.39, 0.29) is 5.75 Å². The third kappa shape index (κ3) is 3.15. The van der Waals surface area contributed by atoms with E-state index in [1.165, 1.54) is 0 Å². The lowest BCUT2D eigenvalue weighted by molar-refractivity contribution is 0.596. The molecule has 0 fully saturated rings. The number of pyridine rings is 1. The SMILES string of the molecule is C=Cc1ccc2nc(N3CCS(=O)(=O)c4ccccc4C3)cc(C=C)c2c1. The van der Waals surface area contributed by atoms with Crippen LogP contribution in [0.2, 0.25) is 0 Å². The summed E-state index contributed by atoms with van der Waals surface area (Å²) in [7, 11) is -3.29. The molecule has 0 aliphatic carbocycles. The van der Waals surface area contributed by atoms with Gasteiger partial charge in [-0.2, -0.15) is 0 Å². The van der Waals surface area contributed by atoms with Crippen molar-refractivity contribution in [2.75, 3.05) is 17.2 Å². The second-order valence-corrected chi connectivity index (χ2v) is 8.68. The quantitative estimate of drug-likeness (QED) is 0.683. The van der Waals surface area contributed by atoms with Gasteiger partial charge in [-0.05, 0) is 41.0 Å². The van der Waals surface area contributed by atoms with Gasteiger partial charge >= 0.3 is 0 Å². The molecule has 0 bridgehead atoms. The third-order valence-corrected chi connectivity index (χ3v) is 6.72. The number of fused-ring (bicyclic) bond motifs is 2. The zero-order valence-corrected chi connectivity index (χ0v) is 15.7. The summed E-state index contributed by atoms with van der Waals surface area (Å²) in [5.74, 6) is 0.832. The first-order valence-corrected chi connectivity index (χ1v) is 10.4. The Morgan fingerprint density at radius 2 is 1.85 bits per heavy atom. The number of rotatable bonds is 3. The second-order valence-electron chi connectivity index (χ2n) is 6.60. The van der Waals surface area contributed by atoms with Crippen molar-refractivity contribution in [3.05, 3.63) is 78.4 Å². The summed E-state index contributed by atoms with van der Waals surface area (Å²) >= 11 is 0. The van der Waals surface area contributed by atoms with E-state index < -0.39 is 9.84 Å². The van der Waals surface area contributed by atoms with Crippen molar-refractivity contribution in [1.82, 2.24) is 4.98 Å². The maximum Gasteiger partial charge on any atom is 0.180 e. The third-order valence-electron chi connectivity index (χ3n) is 4.93. The molecule has 0 atom stereocenters. The molecule has 27 heavy (non-hydrogen) atoms. The first-order valence-electron chi connectivity index (χ1n) is 8.77. The number of sulfone groups is 1. The summed E-state index contributed by atoms with van der Waals surface area (Å²) in [5.41, 5.74) is 3.65. The van der Waals surface area contributed by atoms with Crippen LogP contribution in [0.1, 0.15) is 16.7 Å². The van der Waals surface area contributed by atoms with Gasteiger partial charge in [-0.15, -0.1) is 0 Å². The molecule has 4 rings (SSSR count). The predicted molar refractivity (Wildman–Crippen MR) is 111 cm³/mol. The lowest BCUT2D eigenvalue weighted by Crippen LogP contribution is -2.26. The van der Waals surface area contributed by atoms with E-state index in [0.29, 0.717) is 18.0 Å². The van der Waals surface area contributed by atoms with Crippen LogP contribution < -0.4 is 4.90 Å². The van der Waals surface area contributed by atoms with Crippen molar-refractivity contribution in [2.24, 2.45) is 0 Å². The first-order chi connectivity index (χ1) is 13.0. The van der Waals surface area contributed by atoms with Gasteiger partial charge < -0.3 is 4.90 Å². The summed E-state index contributed by atoms with van der Waals surface area (Å²) in [6.07, 6.45) is 3.61. The van der Waals surface area contributed by atoms with Crippen LogP contribution in [0.5, 0.6) is 0 Å². The Labute approximate surface area is 159 Å². The van der Waals surface area contributed by atoms with Crippen molar-refractivity contribution in [3.63, 3.8) is 0 Å². The van der Waals surface area contributed by atoms with Crippen molar-refractivity contribution in [3.8, 4) is 0 Å². The Hall–Kier alpha value is -2.92. The van der Waals surface area contributed by atoms with Crippen LogP contribution in [0.15, 0.2) is 66.6 Å². The standard InChI is InChI=1S/C22H20N2O2S/c1-3-16-9-10-20-19(13-16)17(4-2)14-22(23-20)24-11-12-27(25,26)21-8-6-5-7-18(21)15-24/h3-10,13-14H,1-2,11-12,15H2. The number of hydrogen-bond donors (Lipinski definition) is 0. The fourth-order valence-corrected chi connectivity index (χ4v) is 4.97. The van der Waals surface area contributed by atoms with Gasteiger partial charge in [0.25, 0.3) is 0 Å². The lowest BCUT2D eigenvalue weighted by Gasteiger charge is -2.22. The van der Waals surface area contributed by atoms with Gasteiger partial charge in [0.1, 0.15) is 5.82 Å². The van der Waals surface area contributed by atoms with Gasteiger partial charge in [0, 0.05) is 18.5 Å². The van der Waals surface area contributed by atoms with E-state index in [0.717, 1.165) is 33.4 Å². The van der Waals surface area contributed by atoms with Crippen LogP contribution in [0.25, 0.3) is 23.1 Å². The average Bonchev–Trinajstić information content (AvgIpc) is 2.83. The molecule has 3 aromatic rings. The molecular weight excluding hydrogens is 356 g/mol. The minimum atomic E-state index is -3.29. The van der Waals surface area contributed by atoms with Crippen molar-refractivity contribution >= 4 is 38.7 Å². The molecule has 0 N–H and O–H groups in total. The minimum absolute atomic E-state index is 0.0720. The van der Waals surface area contributed by atoms with E-state index in [2.05, 4.69) is 13.2 Å². The maximum atomic E-state index is 12.6. The molecule has 2 heterocycles. The number of anilines is 1. The largest absolute Gasteiger partial charge is 0.351 e. The molecule has 0 unspecified atom stereocenters. The second kappa shape index (κ2) is 6.67. The number of hydrogen-bond acceptors (Lipinski definition) is 4. The number of benzene rings is 2. The molecule has 1 aliphatic rings. The highest BCUT2D eigenvalue weighted by Crippen LogP contribution is 2.29. The molecule has 5 heteroatoms. The Bertz CT molecular complexity index is 1170. The predicted octanol–water partition coefficient (Wildman–Crippen LogP) is 4.31. The van der Waals surface area contributed by atoms with Gasteiger partial charge in [0.05, 0.1) is 16.2 Å². The Balaban J connectivity index is 1.83. The van der Waals surface area contributed by atoms with Crippen molar-refractivity contribution in [2.45, 2.75) is 11.4 Å². The first kappa shape index (κ1) is 17.5. The summed E-state index contributed by atoms with van der Waals surface area (Å²) in [6.45, 7) is 8.66. The van der Waals surface area contributed by atoms with E-state index in [1.54, 1.807) is 18.2 Å². The van der Waals surface area contributed by atoms with Crippen molar-refractivity contribution in [1.29, 1.82) is 0 Å². The fraction of sp³-hybridized carbons (Fsp3) is 0.136. The molecule has 4 nitrogen and oxygen atoms in total. The summed E-state index contributed by atoms with van der Waals surface area (Å²) in [4.78, 5) is 7.24. The van der Waals surface area contributed by atoms with E-state index >= 15 is 0 Å². The molecule has 0 radical (unpaired) electrons. The summed E-state index contributed by atoms with van der Waals surface area (Å²) < 4.78 is 25.2. The van der Waals surface area contributed by atoms with Crippen LogP contribution >= 0.6 is 0 Å². The minimum Gasteiger partial charge on any atom is -0.351 e. The Morgan fingerprint density at radius 1 is 1.04 bits per heavy atom. The highest BCUT2D eigenvalue weighted by atomic mass is 32.2. The van der Waals surface area contributed by atoms with Gasteiger partial charge in [0.15, 0.2) is 9.84 Å². The maximum absolute atomic E-state index is 12.6.